The van der Waals surface area contributed by atoms with Crippen LogP contribution >= 0.6 is 0 Å². The van der Waals surface area contributed by atoms with Crippen LogP contribution in [0, 0.1) is 0 Å². The summed E-state index contributed by atoms with van der Waals surface area (Å²) in [6, 6.07) is 9.73. The lowest BCUT2D eigenvalue weighted by molar-refractivity contribution is -0.142. The smallest absolute Gasteiger partial charge is 0.407 e. The van der Waals surface area contributed by atoms with Gasteiger partial charge in [-0.2, -0.15) is 0 Å². The van der Waals surface area contributed by atoms with Gasteiger partial charge < -0.3 is 19.5 Å². The van der Waals surface area contributed by atoms with Crippen molar-refractivity contribution in [2.45, 2.75) is 59.0 Å². The first-order valence-corrected chi connectivity index (χ1v) is 10.3. The van der Waals surface area contributed by atoms with E-state index in [-0.39, 0.29) is 12.6 Å². The van der Waals surface area contributed by atoms with Crippen LogP contribution in [0.3, 0.4) is 0 Å². The maximum atomic E-state index is 11.9. The number of rotatable bonds is 13. The third-order valence-corrected chi connectivity index (χ3v) is 4.36. The molecule has 2 rings (SSSR count). The fraction of sp³-hybridized carbons (Fsp3) is 0.571. The van der Waals surface area contributed by atoms with Crippen molar-refractivity contribution in [2.75, 3.05) is 19.8 Å². The largest absolute Gasteiger partial charge is 0.445 e. The molecular formula is C21H32N4O4. The average molecular weight is 405 g/mol. The van der Waals surface area contributed by atoms with Crippen LogP contribution in [-0.4, -0.2) is 40.8 Å². The van der Waals surface area contributed by atoms with Crippen LogP contribution in [0.1, 0.15) is 63.6 Å². The molecule has 1 N–H and O–H groups in total. The lowest BCUT2D eigenvalue weighted by Gasteiger charge is -2.17. The topological polar surface area (TPSA) is 87.5 Å². The zero-order valence-electron chi connectivity index (χ0n) is 17.5. The second kappa shape index (κ2) is 12.9. The zero-order valence-corrected chi connectivity index (χ0v) is 17.5. The van der Waals surface area contributed by atoms with Crippen molar-refractivity contribution in [3.05, 3.63) is 47.8 Å². The van der Waals surface area contributed by atoms with Gasteiger partial charge in [-0.15, -0.1) is 5.10 Å². The molecule has 2 aromatic rings. The quantitative estimate of drug-likeness (QED) is 0.508. The number of carbonyl (C=O) groups excluding carboxylic acids is 1. The van der Waals surface area contributed by atoms with Crippen LogP contribution in [0.15, 0.2) is 36.5 Å². The van der Waals surface area contributed by atoms with Crippen molar-refractivity contribution in [3.8, 4) is 0 Å². The van der Waals surface area contributed by atoms with Gasteiger partial charge in [0.05, 0.1) is 12.2 Å². The van der Waals surface area contributed by atoms with Gasteiger partial charge in [-0.25, -0.2) is 9.48 Å². The monoisotopic (exact) mass is 404 g/mol. The SMILES string of the molecule is CCCC(CCNC(=O)OCc1ccccc1)n1cc(C(OCC)OCC)nn1. The summed E-state index contributed by atoms with van der Waals surface area (Å²) in [5.74, 6) is 0. The van der Waals surface area contributed by atoms with Crippen molar-refractivity contribution in [3.63, 3.8) is 0 Å². The van der Waals surface area contributed by atoms with Gasteiger partial charge in [0.1, 0.15) is 12.3 Å². The van der Waals surface area contributed by atoms with E-state index in [0.29, 0.717) is 25.5 Å². The minimum absolute atomic E-state index is 0.125. The van der Waals surface area contributed by atoms with Crippen LogP contribution < -0.4 is 5.32 Å². The number of benzene rings is 1. The number of nitrogens with zero attached hydrogens (tertiary/aromatic N) is 3. The van der Waals surface area contributed by atoms with Crippen molar-refractivity contribution in [2.24, 2.45) is 0 Å². The summed E-state index contributed by atoms with van der Waals surface area (Å²) >= 11 is 0. The molecule has 0 saturated carbocycles. The van der Waals surface area contributed by atoms with E-state index in [0.717, 1.165) is 24.8 Å². The third kappa shape index (κ3) is 7.83. The average Bonchev–Trinajstić information content (AvgIpc) is 3.22. The number of hydrogen-bond acceptors (Lipinski definition) is 6. The van der Waals surface area contributed by atoms with Gasteiger partial charge in [-0.3, -0.25) is 0 Å². The maximum absolute atomic E-state index is 11.9. The molecule has 0 saturated heterocycles. The fourth-order valence-electron chi connectivity index (χ4n) is 2.96. The number of amides is 1. The second-order valence-corrected chi connectivity index (χ2v) is 6.59. The van der Waals surface area contributed by atoms with Crippen LogP contribution in [0.25, 0.3) is 0 Å². The Labute approximate surface area is 172 Å². The van der Waals surface area contributed by atoms with Crippen molar-refractivity contribution in [1.82, 2.24) is 20.3 Å². The van der Waals surface area contributed by atoms with Crippen molar-refractivity contribution >= 4 is 6.09 Å². The number of carbonyl (C=O) groups is 1. The molecule has 0 aliphatic carbocycles. The molecule has 0 aliphatic rings. The van der Waals surface area contributed by atoms with Gasteiger partial charge >= 0.3 is 6.09 Å². The molecule has 8 heteroatoms. The van der Waals surface area contributed by atoms with Gasteiger partial charge in [-0.05, 0) is 32.3 Å². The highest BCUT2D eigenvalue weighted by atomic mass is 16.7. The Kier molecular flexibility index (Phi) is 10.2. The number of alkyl carbamates (subject to hydrolysis) is 1. The minimum atomic E-state index is -0.507. The summed E-state index contributed by atoms with van der Waals surface area (Å²) in [5, 5.41) is 11.3. The molecule has 0 spiro atoms. The molecule has 0 fully saturated rings. The lowest BCUT2D eigenvalue weighted by Crippen LogP contribution is -2.27. The lowest BCUT2D eigenvalue weighted by atomic mass is 10.1. The van der Waals surface area contributed by atoms with Crippen molar-refractivity contribution in [1.29, 1.82) is 0 Å². The Morgan fingerprint density at radius 3 is 2.48 bits per heavy atom. The highest BCUT2D eigenvalue weighted by Crippen LogP contribution is 2.21. The molecule has 1 aromatic heterocycles. The molecule has 1 atom stereocenters. The molecule has 0 aliphatic heterocycles. The number of aromatic nitrogens is 3. The summed E-state index contributed by atoms with van der Waals surface area (Å²) in [7, 11) is 0. The molecule has 0 radical (unpaired) electrons. The van der Waals surface area contributed by atoms with E-state index in [1.54, 1.807) is 0 Å². The van der Waals surface area contributed by atoms with E-state index in [2.05, 4.69) is 22.6 Å². The first kappa shape index (κ1) is 22.8. The van der Waals surface area contributed by atoms with Crippen LogP contribution in [0.2, 0.25) is 0 Å². The molecular weight excluding hydrogens is 372 g/mol. The van der Waals surface area contributed by atoms with E-state index >= 15 is 0 Å². The number of ether oxygens (including phenoxy) is 3. The normalized spacial score (nSPS) is 12.1. The molecule has 8 nitrogen and oxygen atoms in total. The predicted octanol–water partition coefficient (Wildman–Crippen LogP) is 4.01. The third-order valence-electron chi connectivity index (χ3n) is 4.36. The van der Waals surface area contributed by atoms with Gasteiger partial charge in [0, 0.05) is 19.8 Å². The van der Waals surface area contributed by atoms with Crippen LogP contribution in [0.4, 0.5) is 4.79 Å². The molecule has 1 unspecified atom stereocenters. The maximum Gasteiger partial charge on any atom is 0.407 e. The van der Waals surface area contributed by atoms with E-state index in [9.17, 15) is 4.79 Å². The summed E-state index contributed by atoms with van der Waals surface area (Å²) < 4.78 is 18.3. The summed E-state index contributed by atoms with van der Waals surface area (Å²) in [4.78, 5) is 11.9. The standard InChI is InChI=1S/C21H32N4O4/c1-4-10-18(25-15-19(23-24-25)20(27-5-2)28-6-3)13-14-22-21(26)29-16-17-11-8-7-9-12-17/h7-9,11-12,15,18,20H,4-6,10,13-14,16H2,1-3H3,(H,22,26). The Balaban J connectivity index is 1.84. The second-order valence-electron chi connectivity index (χ2n) is 6.59. The Hall–Kier alpha value is -2.45. The van der Waals surface area contributed by atoms with Gasteiger partial charge in [0.25, 0.3) is 0 Å². The fourth-order valence-corrected chi connectivity index (χ4v) is 2.96. The summed E-state index contributed by atoms with van der Waals surface area (Å²) in [6.45, 7) is 7.77. The zero-order chi connectivity index (χ0) is 20.9. The van der Waals surface area contributed by atoms with E-state index < -0.39 is 12.4 Å². The number of hydrogen-bond donors (Lipinski definition) is 1. The van der Waals surface area contributed by atoms with E-state index in [1.807, 2.05) is 55.1 Å². The first-order chi connectivity index (χ1) is 14.2. The summed E-state index contributed by atoms with van der Waals surface area (Å²) in [5.41, 5.74) is 1.62. The Bertz CT molecular complexity index is 702. The molecule has 0 bridgehead atoms. The molecule has 29 heavy (non-hydrogen) atoms. The molecule has 1 heterocycles. The van der Waals surface area contributed by atoms with Gasteiger partial charge in [0.15, 0.2) is 0 Å². The van der Waals surface area contributed by atoms with E-state index in [1.165, 1.54) is 0 Å². The molecule has 1 aromatic carbocycles. The molecule has 1 amide bonds. The van der Waals surface area contributed by atoms with E-state index in [4.69, 9.17) is 14.2 Å². The van der Waals surface area contributed by atoms with Crippen LogP contribution in [0.5, 0.6) is 0 Å². The summed E-state index contributed by atoms with van der Waals surface area (Å²) in [6.07, 6.45) is 3.59. The number of nitrogens with one attached hydrogen (secondary N) is 1. The highest BCUT2D eigenvalue weighted by molar-refractivity contribution is 5.67. The Morgan fingerprint density at radius 1 is 1.10 bits per heavy atom. The first-order valence-electron chi connectivity index (χ1n) is 10.3. The molecule has 160 valence electrons. The Morgan fingerprint density at radius 2 is 1.83 bits per heavy atom. The minimum Gasteiger partial charge on any atom is -0.445 e. The van der Waals surface area contributed by atoms with Crippen molar-refractivity contribution < 1.29 is 19.0 Å². The highest BCUT2D eigenvalue weighted by Gasteiger charge is 2.19. The van der Waals surface area contributed by atoms with Gasteiger partial charge in [-0.1, -0.05) is 48.9 Å². The van der Waals surface area contributed by atoms with Crippen LogP contribution in [-0.2, 0) is 20.8 Å². The predicted molar refractivity (Wildman–Crippen MR) is 109 cm³/mol. The van der Waals surface area contributed by atoms with Gasteiger partial charge in [0.2, 0.25) is 6.29 Å².